The Hall–Kier alpha value is -1.08. The number of fused-ring (bicyclic) bond motifs is 1. The van der Waals surface area contributed by atoms with Gasteiger partial charge in [-0.3, -0.25) is 0 Å². The van der Waals surface area contributed by atoms with Crippen molar-refractivity contribution in [3.05, 3.63) is 41.5 Å². The zero-order valence-corrected chi connectivity index (χ0v) is 8.53. The molecule has 0 radical (unpaired) electrons. The van der Waals surface area contributed by atoms with E-state index in [1.807, 2.05) is 13.0 Å². The van der Waals surface area contributed by atoms with Crippen LogP contribution in [-0.2, 0) is 6.42 Å². The Labute approximate surface area is 85.1 Å². The minimum absolute atomic E-state index is 0.295. The van der Waals surface area contributed by atoms with Gasteiger partial charge in [-0.05, 0) is 36.0 Å². The van der Waals surface area contributed by atoms with Gasteiger partial charge in [-0.2, -0.15) is 0 Å². The molecular weight excluding hydrogens is 172 g/mol. The number of rotatable bonds is 2. The minimum Gasteiger partial charge on any atom is -0.388 e. The molecule has 0 unspecified atom stereocenters. The maximum Gasteiger partial charge on any atom is 0.0790 e. The third kappa shape index (κ3) is 1.60. The molecule has 0 heterocycles. The molecule has 1 aromatic carbocycles. The van der Waals surface area contributed by atoms with Gasteiger partial charge < -0.3 is 5.11 Å². The highest BCUT2D eigenvalue weighted by Crippen LogP contribution is 2.29. The quantitative estimate of drug-likeness (QED) is 0.756. The molecule has 2 rings (SSSR count). The summed E-state index contributed by atoms with van der Waals surface area (Å²) in [4.78, 5) is 0. The van der Waals surface area contributed by atoms with Crippen molar-refractivity contribution < 1.29 is 5.11 Å². The van der Waals surface area contributed by atoms with Crippen LogP contribution in [0, 0.1) is 0 Å². The zero-order valence-electron chi connectivity index (χ0n) is 8.53. The Morgan fingerprint density at radius 3 is 2.93 bits per heavy atom. The average Bonchev–Trinajstić information content (AvgIpc) is 2.27. The van der Waals surface area contributed by atoms with Crippen LogP contribution in [-0.4, -0.2) is 11.2 Å². The summed E-state index contributed by atoms with van der Waals surface area (Å²) in [5.74, 6) is 0. The number of aliphatic hydroxyl groups is 1. The second-order valence-electron chi connectivity index (χ2n) is 3.78. The SMILES string of the molecule is CC[C@@H](O)C1=CCCc2ccccc21. The summed E-state index contributed by atoms with van der Waals surface area (Å²) in [5, 5.41) is 9.86. The molecule has 1 atom stereocenters. The molecule has 1 aliphatic rings. The van der Waals surface area contributed by atoms with Crippen molar-refractivity contribution in [2.45, 2.75) is 32.3 Å². The van der Waals surface area contributed by atoms with Crippen molar-refractivity contribution in [2.24, 2.45) is 0 Å². The fraction of sp³-hybridized carbons (Fsp3) is 0.385. The zero-order chi connectivity index (χ0) is 9.97. The van der Waals surface area contributed by atoms with E-state index in [4.69, 9.17) is 0 Å². The minimum atomic E-state index is -0.295. The molecule has 0 aromatic heterocycles. The van der Waals surface area contributed by atoms with Gasteiger partial charge in [0.2, 0.25) is 0 Å². The molecule has 0 amide bonds. The topological polar surface area (TPSA) is 20.2 Å². The first-order valence-corrected chi connectivity index (χ1v) is 5.29. The van der Waals surface area contributed by atoms with E-state index in [1.54, 1.807) is 0 Å². The summed E-state index contributed by atoms with van der Waals surface area (Å²) < 4.78 is 0. The number of hydrogen-bond donors (Lipinski definition) is 1. The van der Waals surface area contributed by atoms with E-state index >= 15 is 0 Å². The lowest BCUT2D eigenvalue weighted by Gasteiger charge is -2.21. The van der Waals surface area contributed by atoms with Gasteiger partial charge in [-0.15, -0.1) is 0 Å². The standard InChI is InChI=1S/C13H16O/c1-2-13(14)12-9-5-7-10-6-3-4-8-11(10)12/h3-4,6,8-9,13-14H,2,5,7H2,1H3/t13-/m1/s1. The van der Waals surface area contributed by atoms with Gasteiger partial charge in [-0.25, -0.2) is 0 Å². The van der Waals surface area contributed by atoms with Gasteiger partial charge >= 0.3 is 0 Å². The first-order chi connectivity index (χ1) is 6.83. The molecule has 0 saturated carbocycles. The lowest BCUT2D eigenvalue weighted by molar-refractivity contribution is 0.228. The van der Waals surface area contributed by atoms with E-state index in [9.17, 15) is 5.11 Å². The normalized spacial score (nSPS) is 17.1. The predicted octanol–water partition coefficient (Wildman–Crippen LogP) is 2.79. The third-order valence-electron chi connectivity index (χ3n) is 2.85. The second-order valence-corrected chi connectivity index (χ2v) is 3.78. The summed E-state index contributed by atoms with van der Waals surface area (Å²) in [6.07, 6.45) is 4.84. The van der Waals surface area contributed by atoms with E-state index < -0.39 is 0 Å². The van der Waals surface area contributed by atoms with Crippen molar-refractivity contribution >= 4 is 5.57 Å². The Kier molecular flexibility index (Phi) is 2.69. The molecule has 74 valence electrons. The van der Waals surface area contributed by atoms with Crippen LogP contribution in [0.15, 0.2) is 30.3 Å². The highest BCUT2D eigenvalue weighted by Gasteiger charge is 2.16. The molecule has 1 nitrogen and oxygen atoms in total. The largest absolute Gasteiger partial charge is 0.388 e. The van der Waals surface area contributed by atoms with Crippen molar-refractivity contribution in [1.82, 2.24) is 0 Å². The van der Waals surface area contributed by atoms with Crippen LogP contribution in [0.5, 0.6) is 0 Å². The van der Waals surface area contributed by atoms with Gasteiger partial charge in [0.05, 0.1) is 6.10 Å². The number of aryl methyl sites for hydroxylation is 1. The predicted molar refractivity (Wildman–Crippen MR) is 59.0 cm³/mol. The summed E-state index contributed by atoms with van der Waals surface area (Å²) in [6, 6.07) is 8.38. The molecule has 1 heteroatoms. The number of allylic oxidation sites excluding steroid dienone is 1. The van der Waals surface area contributed by atoms with Crippen LogP contribution in [0.25, 0.3) is 5.57 Å². The van der Waals surface area contributed by atoms with E-state index in [0.29, 0.717) is 0 Å². The van der Waals surface area contributed by atoms with Crippen LogP contribution in [0.3, 0.4) is 0 Å². The van der Waals surface area contributed by atoms with Crippen molar-refractivity contribution in [3.63, 3.8) is 0 Å². The van der Waals surface area contributed by atoms with E-state index in [1.165, 1.54) is 11.1 Å². The summed E-state index contributed by atoms with van der Waals surface area (Å²) in [6.45, 7) is 2.02. The van der Waals surface area contributed by atoms with Gasteiger partial charge in [0, 0.05) is 0 Å². The number of aliphatic hydroxyl groups excluding tert-OH is 1. The van der Waals surface area contributed by atoms with Crippen LogP contribution < -0.4 is 0 Å². The maximum atomic E-state index is 9.86. The number of hydrogen-bond acceptors (Lipinski definition) is 1. The smallest absolute Gasteiger partial charge is 0.0790 e. The first-order valence-electron chi connectivity index (χ1n) is 5.29. The highest BCUT2D eigenvalue weighted by molar-refractivity contribution is 5.72. The molecule has 0 saturated heterocycles. The van der Waals surface area contributed by atoms with Gasteiger partial charge in [-0.1, -0.05) is 37.3 Å². The fourth-order valence-electron chi connectivity index (χ4n) is 2.05. The third-order valence-corrected chi connectivity index (χ3v) is 2.85. The molecule has 0 spiro atoms. The summed E-state index contributed by atoms with van der Waals surface area (Å²) >= 11 is 0. The van der Waals surface area contributed by atoms with E-state index in [2.05, 4.69) is 24.3 Å². The Morgan fingerprint density at radius 2 is 2.14 bits per heavy atom. The molecule has 14 heavy (non-hydrogen) atoms. The Morgan fingerprint density at radius 1 is 1.36 bits per heavy atom. The average molecular weight is 188 g/mol. The van der Waals surface area contributed by atoms with Crippen LogP contribution in [0.2, 0.25) is 0 Å². The van der Waals surface area contributed by atoms with Crippen molar-refractivity contribution in [2.75, 3.05) is 0 Å². The van der Waals surface area contributed by atoms with Crippen molar-refractivity contribution in [1.29, 1.82) is 0 Å². The number of benzene rings is 1. The van der Waals surface area contributed by atoms with Gasteiger partial charge in [0.25, 0.3) is 0 Å². The molecular formula is C13H16O. The fourth-order valence-corrected chi connectivity index (χ4v) is 2.05. The van der Waals surface area contributed by atoms with E-state index in [-0.39, 0.29) is 6.10 Å². The molecule has 1 aliphatic carbocycles. The van der Waals surface area contributed by atoms with Gasteiger partial charge in [0.1, 0.15) is 0 Å². The van der Waals surface area contributed by atoms with Crippen LogP contribution >= 0.6 is 0 Å². The van der Waals surface area contributed by atoms with E-state index in [0.717, 1.165) is 24.8 Å². The molecule has 1 N–H and O–H groups in total. The monoisotopic (exact) mass is 188 g/mol. The summed E-state index contributed by atoms with van der Waals surface area (Å²) in [7, 11) is 0. The Bertz CT molecular complexity index is 352. The Balaban J connectivity index is 2.40. The molecule has 0 fully saturated rings. The lowest BCUT2D eigenvalue weighted by atomic mass is 9.87. The second kappa shape index (κ2) is 3.97. The van der Waals surface area contributed by atoms with Crippen molar-refractivity contribution in [3.8, 4) is 0 Å². The summed E-state index contributed by atoms with van der Waals surface area (Å²) in [5.41, 5.74) is 3.74. The highest BCUT2D eigenvalue weighted by atomic mass is 16.3. The molecule has 1 aromatic rings. The van der Waals surface area contributed by atoms with Crippen LogP contribution in [0.1, 0.15) is 30.9 Å². The molecule has 0 aliphatic heterocycles. The van der Waals surface area contributed by atoms with Gasteiger partial charge in [0.15, 0.2) is 0 Å². The first kappa shape index (κ1) is 9.47. The van der Waals surface area contributed by atoms with Crippen LogP contribution in [0.4, 0.5) is 0 Å². The lowest BCUT2D eigenvalue weighted by Crippen LogP contribution is -2.12. The molecule has 0 bridgehead atoms. The maximum absolute atomic E-state index is 9.86.